The van der Waals surface area contributed by atoms with Gasteiger partial charge in [0.25, 0.3) is 5.91 Å². The summed E-state index contributed by atoms with van der Waals surface area (Å²) in [6, 6.07) is 8.56. The lowest BCUT2D eigenvalue weighted by Gasteiger charge is -2.33. The highest BCUT2D eigenvalue weighted by atomic mass is 16.2. The maximum Gasteiger partial charge on any atom is 0.254 e. The van der Waals surface area contributed by atoms with Crippen LogP contribution in [-0.2, 0) is 6.42 Å². The number of nitrogens with zero attached hydrogens (tertiary/aromatic N) is 1. The van der Waals surface area contributed by atoms with Gasteiger partial charge in [-0.2, -0.15) is 0 Å². The summed E-state index contributed by atoms with van der Waals surface area (Å²) in [6.45, 7) is 0.917. The molecule has 3 rings (SSSR count). The van der Waals surface area contributed by atoms with E-state index in [0.717, 1.165) is 18.5 Å². The average molecular weight is 215 g/mol. The van der Waals surface area contributed by atoms with Crippen LogP contribution in [-0.4, -0.2) is 23.4 Å². The van der Waals surface area contributed by atoms with Crippen molar-refractivity contribution in [2.75, 3.05) is 6.54 Å². The fourth-order valence-corrected chi connectivity index (χ4v) is 3.01. The maximum absolute atomic E-state index is 12.3. The van der Waals surface area contributed by atoms with Gasteiger partial charge in [-0.3, -0.25) is 4.79 Å². The summed E-state index contributed by atoms with van der Waals surface area (Å²) in [6.07, 6.45) is 6.01. The van der Waals surface area contributed by atoms with E-state index >= 15 is 0 Å². The van der Waals surface area contributed by atoms with Crippen LogP contribution in [0.15, 0.2) is 24.3 Å². The molecule has 84 valence electrons. The molecular formula is C14H17NO. The van der Waals surface area contributed by atoms with Crippen molar-refractivity contribution in [3.05, 3.63) is 35.4 Å². The van der Waals surface area contributed by atoms with Gasteiger partial charge in [0.05, 0.1) is 0 Å². The Kier molecular flexibility index (Phi) is 2.43. The number of carbonyl (C=O) groups excluding carboxylic acids is 1. The number of benzene rings is 1. The summed E-state index contributed by atoms with van der Waals surface area (Å²) in [5.41, 5.74) is 2.15. The van der Waals surface area contributed by atoms with E-state index in [4.69, 9.17) is 0 Å². The predicted molar refractivity (Wildman–Crippen MR) is 63.4 cm³/mol. The summed E-state index contributed by atoms with van der Waals surface area (Å²) in [5, 5.41) is 0. The molecule has 0 atom stereocenters. The number of rotatable bonds is 1. The first-order valence-corrected chi connectivity index (χ1v) is 6.25. The summed E-state index contributed by atoms with van der Waals surface area (Å²) in [5.74, 6) is 0.258. The first-order chi connectivity index (χ1) is 7.86. The van der Waals surface area contributed by atoms with Gasteiger partial charge in [-0.1, -0.05) is 31.0 Å². The molecule has 0 saturated heterocycles. The van der Waals surface area contributed by atoms with Crippen molar-refractivity contribution in [3.8, 4) is 0 Å². The third-order valence-corrected chi connectivity index (χ3v) is 3.90. The fourth-order valence-electron chi connectivity index (χ4n) is 3.01. The molecule has 0 aromatic heterocycles. The number of hydrogen-bond donors (Lipinski definition) is 0. The van der Waals surface area contributed by atoms with E-state index in [0.29, 0.717) is 6.04 Å². The summed E-state index contributed by atoms with van der Waals surface area (Å²) >= 11 is 0. The van der Waals surface area contributed by atoms with Gasteiger partial charge in [0.1, 0.15) is 0 Å². The lowest BCUT2D eigenvalue weighted by molar-refractivity contribution is 0.0663. The Labute approximate surface area is 96.3 Å². The first-order valence-electron chi connectivity index (χ1n) is 6.25. The van der Waals surface area contributed by atoms with Crippen molar-refractivity contribution in [2.45, 2.75) is 38.1 Å². The highest BCUT2D eigenvalue weighted by molar-refractivity contribution is 5.96. The minimum absolute atomic E-state index is 0.258. The van der Waals surface area contributed by atoms with Crippen molar-refractivity contribution in [1.29, 1.82) is 0 Å². The molecule has 1 heterocycles. The molecule has 0 N–H and O–H groups in total. The van der Waals surface area contributed by atoms with Crippen LogP contribution in [0.1, 0.15) is 41.6 Å². The van der Waals surface area contributed by atoms with Gasteiger partial charge in [0, 0.05) is 18.2 Å². The third-order valence-electron chi connectivity index (χ3n) is 3.90. The van der Waals surface area contributed by atoms with Crippen LogP contribution in [0.3, 0.4) is 0 Å². The van der Waals surface area contributed by atoms with E-state index in [2.05, 4.69) is 11.0 Å². The Morgan fingerprint density at radius 2 is 1.88 bits per heavy atom. The van der Waals surface area contributed by atoms with Crippen molar-refractivity contribution in [1.82, 2.24) is 4.90 Å². The van der Waals surface area contributed by atoms with Crippen molar-refractivity contribution in [3.63, 3.8) is 0 Å². The molecule has 1 saturated carbocycles. The van der Waals surface area contributed by atoms with Gasteiger partial charge in [-0.05, 0) is 30.9 Å². The number of carbonyl (C=O) groups is 1. The molecule has 2 aliphatic rings. The molecule has 1 aliphatic carbocycles. The van der Waals surface area contributed by atoms with Crippen LogP contribution < -0.4 is 0 Å². The molecule has 1 aromatic rings. The molecule has 2 heteroatoms. The molecule has 2 nitrogen and oxygen atoms in total. The van der Waals surface area contributed by atoms with Crippen LogP contribution in [0, 0.1) is 0 Å². The van der Waals surface area contributed by atoms with Gasteiger partial charge in [0.15, 0.2) is 0 Å². The van der Waals surface area contributed by atoms with Gasteiger partial charge in [0.2, 0.25) is 0 Å². The van der Waals surface area contributed by atoms with Gasteiger partial charge in [-0.25, -0.2) is 0 Å². The number of hydrogen-bond acceptors (Lipinski definition) is 1. The van der Waals surface area contributed by atoms with E-state index in [-0.39, 0.29) is 5.91 Å². The highest BCUT2D eigenvalue weighted by Crippen LogP contribution is 2.28. The third kappa shape index (κ3) is 1.53. The molecule has 1 amide bonds. The lowest BCUT2D eigenvalue weighted by atomic mass is 9.97. The van der Waals surface area contributed by atoms with Gasteiger partial charge >= 0.3 is 0 Å². The second kappa shape index (κ2) is 3.93. The predicted octanol–water partition coefficient (Wildman–Crippen LogP) is 2.63. The quantitative estimate of drug-likeness (QED) is 0.705. The Bertz CT molecular complexity index is 407. The van der Waals surface area contributed by atoms with Crippen molar-refractivity contribution >= 4 is 5.91 Å². The van der Waals surface area contributed by atoms with Crippen LogP contribution in [0.4, 0.5) is 0 Å². The van der Waals surface area contributed by atoms with Crippen LogP contribution in [0.5, 0.6) is 0 Å². The summed E-state index contributed by atoms with van der Waals surface area (Å²) in [4.78, 5) is 14.4. The second-order valence-corrected chi connectivity index (χ2v) is 4.84. The van der Waals surface area contributed by atoms with Crippen LogP contribution in [0.25, 0.3) is 0 Å². The maximum atomic E-state index is 12.3. The molecule has 1 aliphatic heterocycles. The second-order valence-electron chi connectivity index (χ2n) is 4.84. The largest absolute Gasteiger partial charge is 0.335 e. The Morgan fingerprint density at radius 1 is 1.12 bits per heavy atom. The smallest absolute Gasteiger partial charge is 0.254 e. The van der Waals surface area contributed by atoms with E-state index in [1.807, 2.05) is 18.2 Å². The first kappa shape index (κ1) is 9.88. The van der Waals surface area contributed by atoms with E-state index < -0.39 is 0 Å². The zero-order valence-corrected chi connectivity index (χ0v) is 9.48. The summed E-state index contributed by atoms with van der Waals surface area (Å²) < 4.78 is 0. The van der Waals surface area contributed by atoms with Gasteiger partial charge < -0.3 is 4.90 Å². The number of amides is 1. The molecule has 1 aromatic carbocycles. The minimum atomic E-state index is 0.258. The Morgan fingerprint density at radius 3 is 2.69 bits per heavy atom. The molecule has 0 spiro atoms. The van der Waals surface area contributed by atoms with Crippen molar-refractivity contribution in [2.24, 2.45) is 0 Å². The Balaban J connectivity index is 1.88. The van der Waals surface area contributed by atoms with E-state index in [1.54, 1.807) is 0 Å². The van der Waals surface area contributed by atoms with Crippen molar-refractivity contribution < 1.29 is 4.79 Å². The van der Waals surface area contributed by atoms with Gasteiger partial charge in [-0.15, -0.1) is 0 Å². The molecule has 1 fully saturated rings. The van der Waals surface area contributed by atoms with E-state index in [9.17, 15) is 4.79 Å². The SMILES string of the molecule is O=C1c2ccccc2CCN1C1CCCC1. The molecular weight excluding hydrogens is 198 g/mol. The lowest BCUT2D eigenvalue weighted by Crippen LogP contribution is -2.43. The van der Waals surface area contributed by atoms with Crippen LogP contribution in [0.2, 0.25) is 0 Å². The summed E-state index contributed by atoms with van der Waals surface area (Å²) in [7, 11) is 0. The number of fused-ring (bicyclic) bond motifs is 1. The Hall–Kier alpha value is -1.31. The average Bonchev–Trinajstić information content (AvgIpc) is 2.83. The minimum Gasteiger partial charge on any atom is -0.335 e. The van der Waals surface area contributed by atoms with Crippen LogP contribution >= 0.6 is 0 Å². The zero-order chi connectivity index (χ0) is 11.0. The normalized spacial score (nSPS) is 21.2. The molecule has 0 unspecified atom stereocenters. The monoisotopic (exact) mass is 215 g/mol. The topological polar surface area (TPSA) is 20.3 Å². The molecule has 0 bridgehead atoms. The standard InChI is InChI=1S/C14H17NO/c16-14-13-8-4-1-5-11(13)9-10-15(14)12-6-2-3-7-12/h1,4-5,8,12H,2-3,6-7,9-10H2. The molecule has 16 heavy (non-hydrogen) atoms. The highest BCUT2D eigenvalue weighted by Gasteiger charge is 2.30. The molecule has 0 radical (unpaired) electrons. The fraction of sp³-hybridized carbons (Fsp3) is 0.500. The van der Waals surface area contributed by atoms with E-state index in [1.165, 1.54) is 31.2 Å². The zero-order valence-electron chi connectivity index (χ0n) is 9.48.